The van der Waals surface area contributed by atoms with Crippen molar-refractivity contribution in [1.29, 1.82) is 0 Å². The molecule has 0 spiro atoms. The zero-order chi connectivity index (χ0) is 15.1. The van der Waals surface area contributed by atoms with Crippen molar-refractivity contribution in [2.24, 2.45) is 5.73 Å². The maximum Gasteiger partial charge on any atom is 0.119 e. The molecule has 1 unspecified atom stereocenters. The molecule has 2 rings (SSSR count). The molecule has 0 aliphatic heterocycles. The van der Waals surface area contributed by atoms with Crippen LogP contribution in [0.2, 0.25) is 0 Å². The molecule has 0 amide bonds. The first-order valence-electron chi connectivity index (χ1n) is 7.45. The summed E-state index contributed by atoms with van der Waals surface area (Å²) in [4.78, 5) is 0. The highest BCUT2D eigenvalue weighted by atomic mass is 16.5. The molecule has 0 radical (unpaired) electrons. The molecule has 2 N–H and O–H groups in total. The highest BCUT2D eigenvalue weighted by Crippen LogP contribution is 2.25. The molecule has 21 heavy (non-hydrogen) atoms. The van der Waals surface area contributed by atoms with E-state index in [9.17, 15) is 0 Å². The van der Waals surface area contributed by atoms with Crippen LogP contribution in [0.1, 0.15) is 37.4 Å². The van der Waals surface area contributed by atoms with E-state index >= 15 is 0 Å². The molecule has 0 saturated carbocycles. The van der Waals surface area contributed by atoms with Crippen molar-refractivity contribution in [3.8, 4) is 11.5 Å². The Kier molecular flexibility index (Phi) is 5.64. The Morgan fingerprint density at radius 3 is 2.00 bits per heavy atom. The molecule has 2 aromatic carbocycles. The highest BCUT2D eigenvalue weighted by molar-refractivity contribution is 5.39. The van der Waals surface area contributed by atoms with Crippen LogP contribution in [0.4, 0.5) is 0 Å². The third-order valence-electron chi connectivity index (χ3n) is 3.22. The van der Waals surface area contributed by atoms with Crippen molar-refractivity contribution in [1.82, 2.24) is 0 Å². The molecule has 2 aromatic rings. The van der Waals surface area contributed by atoms with E-state index in [-0.39, 0.29) is 6.04 Å². The van der Waals surface area contributed by atoms with Crippen LogP contribution in [0.15, 0.2) is 48.5 Å². The standard InChI is InChI=1S/C18H23NO2/c1-3-11-21-17-10-6-8-15(13-17)18(19)14-7-5-9-16(12-14)20-4-2/h5-10,12-13,18H,3-4,11,19H2,1-2H3. The molecular formula is C18H23NO2. The molecule has 0 saturated heterocycles. The third-order valence-corrected chi connectivity index (χ3v) is 3.22. The van der Waals surface area contributed by atoms with Crippen molar-refractivity contribution in [2.75, 3.05) is 13.2 Å². The van der Waals surface area contributed by atoms with Gasteiger partial charge in [-0.25, -0.2) is 0 Å². The monoisotopic (exact) mass is 285 g/mol. The third kappa shape index (κ3) is 4.23. The van der Waals surface area contributed by atoms with E-state index in [1.807, 2.05) is 55.5 Å². The lowest BCUT2D eigenvalue weighted by molar-refractivity contribution is 0.317. The minimum absolute atomic E-state index is 0.185. The van der Waals surface area contributed by atoms with Crippen molar-refractivity contribution < 1.29 is 9.47 Å². The zero-order valence-corrected chi connectivity index (χ0v) is 12.7. The van der Waals surface area contributed by atoms with Gasteiger partial charge in [0.15, 0.2) is 0 Å². The van der Waals surface area contributed by atoms with Crippen molar-refractivity contribution >= 4 is 0 Å². The van der Waals surface area contributed by atoms with Gasteiger partial charge in [0.2, 0.25) is 0 Å². The summed E-state index contributed by atoms with van der Waals surface area (Å²) in [5, 5.41) is 0. The van der Waals surface area contributed by atoms with Crippen LogP contribution >= 0.6 is 0 Å². The summed E-state index contributed by atoms with van der Waals surface area (Å²) in [5.41, 5.74) is 8.44. The number of hydrogen-bond donors (Lipinski definition) is 1. The molecular weight excluding hydrogens is 262 g/mol. The molecule has 0 aliphatic carbocycles. The lowest BCUT2D eigenvalue weighted by atomic mass is 9.99. The van der Waals surface area contributed by atoms with E-state index in [1.165, 1.54) is 0 Å². The zero-order valence-electron chi connectivity index (χ0n) is 12.7. The SMILES string of the molecule is CCCOc1cccc(C(N)c2cccc(OCC)c2)c1. The second kappa shape index (κ2) is 7.70. The molecule has 0 bridgehead atoms. The van der Waals surface area contributed by atoms with Crippen LogP contribution < -0.4 is 15.2 Å². The summed E-state index contributed by atoms with van der Waals surface area (Å²) in [5.74, 6) is 1.72. The quantitative estimate of drug-likeness (QED) is 0.838. The van der Waals surface area contributed by atoms with Gasteiger partial charge in [-0.2, -0.15) is 0 Å². The fourth-order valence-corrected chi connectivity index (χ4v) is 2.17. The van der Waals surface area contributed by atoms with Gasteiger partial charge in [-0.1, -0.05) is 31.2 Å². The first-order chi connectivity index (χ1) is 10.2. The van der Waals surface area contributed by atoms with Crippen molar-refractivity contribution in [3.05, 3.63) is 59.7 Å². The second-order valence-electron chi connectivity index (χ2n) is 4.90. The Hall–Kier alpha value is -2.00. The first kappa shape index (κ1) is 15.4. The van der Waals surface area contributed by atoms with Crippen LogP contribution in [0.5, 0.6) is 11.5 Å². The summed E-state index contributed by atoms with van der Waals surface area (Å²) in [7, 11) is 0. The van der Waals surface area contributed by atoms with E-state index in [4.69, 9.17) is 15.2 Å². The van der Waals surface area contributed by atoms with Crippen LogP contribution in [0, 0.1) is 0 Å². The Bertz CT molecular complexity index is 569. The summed E-state index contributed by atoms with van der Waals surface area (Å²) in [6.45, 7) is 5.44. The average molecular weight is 285 g/mol. The number of ether oxygens (including phenoxy) is 2. The lowest BCUT2D eigenvalue weighted by Gasteiger charge is -2.15. The molecule has 0 aliphatic rings. The predicted molar refractivity (Wildman–Crippen MR) is 85.9 cm³/mol. The van der Waals surface area contributed by atoms with Crippen LogP contribution in [0.25, 0.3) is 0 Å². The van der Waals surface area contributed by atoms with E-state index in [0.29, 0.717) is 6.61 Å². The molecule has 0 aromatic heterocycles. The largest absolute Gasteiger partial charge is 0.494 e. The number of hydrogen-bond acceptors (Lipinski definition) is 3. The Morgan fingerprint density at radius 1 is 0.905 bits per heavy atom. The van der Waals surface area contributed by atoms with E-state index in [1.54, 1.807) is 0 Å². The van der Waals surface area contributed by atoms with Gasteiger partial charge in [0.1, 0.15) is 11.5 Å². The average Bonchev–Trinajstić information content (AvgIpc) is 2.53. The highest BCUT2D eigenvalue weighted by Gasteiger charge is 2.10. The van der Waals surface area contributed by atoms with Gasteiger partial charge in [0, 0.05) is 0 Å². The van der Waals surface area contributed by atoms with Crippen LogP contribution in [-0.4, -0.2) is 13.2 Å². The Balaban J connectivity index is 2.18. The smallest absolute Gasteiger partial charge is 0.119 e. The Labute approximate surface area is 126 Å². The van der Waals surface area contributed by atoms with Gasteiger partial charge in [0.25, 0.3) is 0 Å². The van der Waals surface area contributed by atoms with Gasteiger partial charge in [0.05, 0.1) is 19.3 Å². The van der Waals surface area contributed by atoms with Crippen molar-refractivity contribution in [3.63, 3.8) is 0 Å². The molecule has 3 heteroatoms. The van der Waals surface area contributed by atoms with E-state index in [2.05, 4.69) is 6.92 Å². The fourth-order valence-electron chi connectivity index (χ4n) is 2.17. The Morgan fingerprint density at radius 2 is 1.48 bits per heavy atom. The number of nitrogens with two attached hydrogens (primary N) is 1. The van der Waals surface area contributed by atoms with Gasteiger partial charge in [-0.15, -0.1) is 0 Å². The van der Waals surface area contributed by atoms with Gasteiger partial charge in [-0.3, -0.25) is 0 Å². The normalized spacial score (nSPS) is 12.0. The molecule has 1 atom stereocenters. The summed E-state index contributed by atoms with van der Waals surface area (Å²) in [6.07, 6.45) is 0.993. The maximum absolute atomic E-state index is 6.37. The van der Waals surface area contributed by atoms with Gasteiger partial charge < -0.3 is 15.2 Å². The number of rotatable bonds is 7. The first-order valence-corrected chi connectivity index (χ1v) is 7.45. The molecule has 0 fully saturated rings. The summed E-state index contributed by atoms with van der Waals surface area (Å²) in [6, 6.07) is 15.7. The minimum Gasteiger partial charge on any atom is -0.494 e. The molecule has 112 valence electrons. The van der Waals surface area contributed by atoms with E-state index < -0.39 is 0 Å². The van der Waals surface area contributed by atoms with Crippen molar-refractivity contribution in [2.45, 2.75) is 26.3 Å². The topological polar surface area (TPSA) is 44.5 Å². The van der Waals surface area contributed by atoms with Crippen LogP contribution in [0.3, 0.4) is 0 Å². The minimum atomic E-state index is -0.185. The van der Waals surface area contributed by atoms with Gasteiger partial charge >= 0.3 is 0 Å². The molecule has 0 heterocycles. The maximum atomic E-state index is 6.37. The fraction of sp³-hybridized carbons (Fsp3) is 0.333. The van der Waals surface area contributed by atoms with E-state index in [0.717, 1.165) is 35.7 Å². The summed E-state index contributed by atoms with van der Waals surface area (Å²) < 4.78 is 11.2. The van der Waals surface area contributed by atoms with Crippen LogP contribution in [-0.2, 0) is 0 Å². The predicted octanol–water partition coefficient (Wildman–Crippen LogP) is 3.92. The van der Waals surface area contributed by atoms with Gasteiger partial charge in [-0.05, 0) is 48.7 Å². The summed E-state index contributed by atoms with van der Waals surface area (Å²) >= 11 is 0. The molecule has 3 nitrogen and oxygen atoms in total. The second-order valence-corrected chi connectivity index (χ2v) is 4.90. The number of benzene rings is 2. The lowest BCUT2D eigenvalue weighted by Crippen LogP contribution is -2.12.